The van der Waals surface area contributed by atoms with Crippen molar-refractivity contribution in [1.82, 2.24) is 0 Å². The van der Waals surface area contributed by atoms with Gasteiger partial charge in [0.2, 0.25) is 0 Å². The lowest BCUT2D eigenvalue weighted by atomic mass is 10.1. The molecule has 0 aliphatic rings. The van der Waals surface area contributed by atoms with E-state index >= 15 is 0 Å². The molecule has 322 valence electrons. The summed E-state index contributed by atoms with van der Waals surface area (Å²) in [4.78, 5) is 45.6. The number of Topliss-reactive ketones (excluding diaryl/α,β-unsaturated/α-hetero) is 1. The first-order chi connectivity index (χ1) is 27.5. The van der Waals surface area contributed by atoms with Gasteiger partial charge >= 0.3 is 17.9 Å². The zero-order chi connectivity index (χ0) is 40.4. The number of ketones is 1. The van der Waals surface area contributed by atoms with E-state index in [2.05, 4.69) is 0 Å². The lowest BCUT2D eigenvalue weighted by Gasteiger charge is -2.09. The number of unbranched alkanes of at least 4 members (excludes halogenated alkanes) is 1. The molecule has 0 fully saturated rings. The maximum atomic E-state index is 11.9. The van der Waals surface area contributed by atoms with Gasteiger partial charge in [-0.3, -0.25) is 14.4 Å². The number of ether oxygens (including phenoxy) is 13. The summed E-state index contributed by atoms with van der Waals surface area (Å²) in [5.74, 6) is -2.81. The highest BCUT2D eigenvalue weighted by Crippen LogP contribution is 2.02. The Morgan fingerprint density at radius 1 is 0.375 bits per heavy atom. The first-order valence-electron chi connectivity index (χ1n) is 19.0. The minimum atomic E-state index is -0.905. The van der Waals surface area contributed by atoms with Gasteiger partial charge in [-0.1, -0.05) is 30.3 Å². The second-order valence-electron chi connectivity index (χ2n) is 11.4. The van der Waals surface area contributed by atoms with Gasteiger partial charge in [-0.15, -0.1) is 0 Å². The normalized spacial score (nSPS) is 11.1. The number of aliphatic carboxylic acids is 1. The molecule has 1 aromatic rings. The van der Waals surface area contributed by atoms with Gasteiger partial charge in [0.1, 0.15) is 13.2 Å². The number of benzene rings is 1. The number of esters is 2. The van der Waals surface area contributed by atoms with Crippen LogP contribution < -0.4 is 0 Å². The van der Waals surface area contributed by atoms with Gasteiger partial charge in [-0.25, -0.2) is 4.79 Å². The third-order valence-corrected chi connectivity index (χ3v) is 6.91. The van der Waals surface area contributed by atoms with Crippen LogP contribution in [-0.4, -0.2) is 187 Å². The summed E-state index contributed by atoms with van der Waals surface area (Å²) in [6.07, 6.45) is 1.20. The van der Waals surface area contributed by atoms with Crippen molar-refractivity contribution >= 4 is 23.7 Å². The molecule has 0 heterocycles. The number of hydrogen-bond acceptors (Lipinski definition) is 17. The molecule has 0 unspecified atom stereocenters. The fraction of sp³-hybridized carbons (Fsp3) is 0.737. The largest absolute Gasteiger partial charge is 0.481 e. The Kier molecular flexibility index (Phi) is 36.4. The molecule has 0 radical (unpaired) electrons. The predicted molar refractivity (Wildman–Crippen MR) is 198 cm³/mol. The van der Waals surface area contributed by atoms with Gasteiger partial charge in [0.15, 0.2) is 0 Å². The molecule has 0 aliphatic carbocycles. The quantitative estimate of drug-likeness (QED) is 0.0432. The monoisotopic (exact) mass is 806 g/mol. The van der Waals surface area contributed by atoms with E-state index in [9.17, 15) is 19.2 Å². The average molecular weight is 807 g/mol. The van der Waals surface area contributed by atoms with E-state index in [4.69, 9.17) is 66.7 Å². The highest BCUT2D eigenvalue weighted by atomic mass is 16.6. The van der Waals surface area contributed by atoms with Gasteiger partial charge in [-0.05, 0) is 12.8 Å². The van der Waals surface area contributed by atoms with E-state index < -0.39 is 17.7 Å². The van der Waals surface area contributed by atoms with Crippen molar-refractivity contribution in [2.24, 2.45) is 0 Å². The van der Waals surface area contributed by atoms with Crippen LogP contribution in [0.4, 0.5) is 0 Å². The van der Waals surface area contributed by atoms with Crippen molar-refractivity contribution < 1.29 is 85.9 Å². The van der Waals surface area contributed by atoms with Crippen LogP contribution in [0.3, 0.4) is 0 Å². The minimum absolute atomic E-state index is 0.0126. The molecular formula is C38H62O18. The maximum absolute atomic E-state index is 11.9. The number of carbonyl (C=O) groups is 4. The molecule has 0 aliphatic heterocycles. The van der Waals surface area contributed by atoms with Gasteiger partial charge in [0.05, 0.1) is 145 Å². The predicted octanol–water partition coefficient (Wildman–Crippen LogP) is 1.78. The first kappa shape index (κ1) is 50.9. The smallest absolute Gasteiger partial charge is 0.379 e. The van der Waals surface area contributed by atoms with E-state index in [1.807, 2.05) is 0 Å². The van der Waals surface area contributed by atoms with Crippen LogP contribution in [0, 0.1) is 0 Å². The zero-order valence-corrected chi connectivity index (χ0v) is 32.6. The van der Waals surface area contributed by atoms with E-state index in [1.165, 1.54) is 0 Å². The summed E-state index contributed by atoms with van der Waals surface area (Å²) in [5, 5.41) is 8.56. The maximum Gasteiger partial charge on any atom is 0.379 e. The van der Waals surface area contributed by atoms with Crippen molar-refractivity contribution in [3.63, 3.8) is 0 Å². The molecule has 0 saturated carbocycles. The Morgan fingerprint density at radius 3 is 0.982 bits per heavy atom. The van der Waals surface area contributed by atoms with E-state index in [-0.39, 0.29) is 50.8 Å². The van der Waals surface area contributed by atoms with E-state index in [0.717, 1.165) is 0 Å². The van der Waals surface area contributed by atoms with Gasteiger partial charge < -0.3 is 66.7 Å². The summed E-state index contributed by atoms with van der Waals surface area (Å²) >= 11 is 0. The molecule has 1 rings (SSSR count). The van der Waals surface area contributed by atoms with Gasteiger partial charge in [0, 0.05) is 18.4 Å². The lowest BCUT2D eigenvalue weighted by Crippen LogP contribution is -2.20. The molecular weight excluding hydrogens is 744 g/mol. The van der Waals surface area contributed by atoms with Crippen molar-refractivity contribution in [1.29, 1.82) is 0 Å². The number of rotatable bonds is 43. The third-order valence-electron chi connectivity index (χ3n) is 6.91. The lowest BCUT2D eigenvalue weighted by molar-refractivity contribution is -0.146. The van der Waals surface area contributed by atoms with E-state index in [0.29, 0.717) is 145 Å². The van der Waals surface area contributed by atoms with E-state index in [1.54, 1.807) is 30.3 Å². The molecule has 0 aromatic heterocycles. The molecule has 1 N–H and O–H groups in total. The average Bonchev–Trinajstić information content (AvgIpc) is 3.20. The Labute approximate surface area is 329 Å². The Morgan fingerprint density at radius 2 is 0.661 bits per heavy atom. The number of carboxylic acid groups (broad SMARTS) is 1. The fourth-order valence-corrected chi connectivity index (χ4v) is 4.10. The summed E-state index contributed by atoms with van der Waals surface area (Å²) in [7, 11) is 0. The number of carboxylic acids is 1. The van der Waals surface area contributed by atoms with Crippen LogP contribution in [0.1, 0.15) is 36.0 Å². The van der Waals surface area contributed by atoms with Crippen molar-refractivity contribution in [3.05, 3.63) is 35.9 Å². The highest BCUT2D eigenvalue weighted by Gasteiger charge is 2.17. The number of hydrogen-bond donors (Lipinski definition) is 1. The SMILES string of the molecule is O=C(O)CCCCC(=O)OCCOCCOCCOCCOCCOCCOCCOCCOCCOCCOCCOCCOC(=O)C(=O)c1ccccc1. The Bertz CT molecular complexity index is 1080. The first-order valence-corrected chi connectivity index (χ1v) is 19.0. The van der Waals surface area contributed by atoms with Crippen LogP contribution in [0.15, 0.2) is 30.3 Å². The highest BCUT2D eigenvalue weighted by molar-refractivity contribution is 6.40. The van der Waals surface area contributed by atoms with Crippen LogP contribution in [0.5, 0.6) is 0 Å². The second-order valence-corrected chi connectivity index (χ2v) is 11.4. The fourth-order valence-electron chi connectivity index (χ4n) is 4.10. The molecule has 0 atom stereocenters. The summed E-state index contributed by atoms with van der Waals surface area (Å²) in [5.41, 5.74) is 0.288. The zero-order valence-electron chi connectivity index (χ0n) is 32.6. The third kappa shape index (κ3) is 35.3. The van der Waals surface area contributed by atoms with Gasteiger partial charge in [0.25, 0.3) is 5.78 Å². The van der Waals surface area contributed by atoms with Crippen LogP contribution in [-0.2, 0) is 76.0 Å². The Balaban J connectivity index is 1.65. The standard InChI is InChI=1S/C38H62O18/c39-35(40)8-4-5-9-36(41)55-32-30-53-28-26-51-24-22-49-20-18-47-16-14-45-12-10-44-11-13-46-15-17-48-19-21-50-23-25-52-27-29-54-31-33-56-38(43)37(42)34-6-2-1-3-7-34/h1-3,6-7H,4-5,8-33H2,(H,39,40). The molecule has 0 spiro atoms. The van der Waals surface area contributed by atoms with Crippen LogP contribution >= 0.6 is 0 Å². The minimum Gasteiger partial charge on any atom is -0.481 e. The van der Waals surface area contributed by atoms with Gasteiger partial charge in [-0.2, -0.15) is 0 Å². The Hall–Kier alpha value is -3.14. The molecule has 1 aromatic carbocycles. The van der Waals surface area contributed by atoms with Crippen molar-refractivity contribution in [3.8, 4) is 0 Å². The summed E-state index contributed by atoms with van der Waals surface area (Å²) in [6, 6.07) is 8.23. The second kappa shape index (κ2) is 40.1. The molecule has 0 bridgehead atoms. The molecule has 18 nitrogen and oxygen atoms in total. The summed E-state index contributed by atoms with van der Waals surface area (Å²) in [6.45, 7) is 9.21. The van der Waals surface area contributed by atoms with Crippen molar-refractivity contribution in [2.45, 2.75) is 25.7 Å². The van der Waals surface area contributed by atoms with Crippen LogP contribution in [0.25, 0.3) is 0 Å². The number of carbonyl (C=O) groups excluding carboxylic acids is 3. The molecule has 56 heavy (non-hydrogen) atoms. The van der Waals surface area contributed by atoms with Crippen LogP contribution in [0.2, 0.25) is 0 Å². The molecule has 18 heteroatoms. The molecule has 0 amide bonds. The van der Waals surface area contributed by atoms with Crippen molar-refractivity contribution in [2.75, 3.05) is 159 Å². The molecule has 0 saturated heterocycles. The summed E-state index contributed by atoms with van der Waals surface area (Å²) < 4.78 is 69.6. The topological polar surface area (TPSA) is 208 Å².